The Morgan fingerprint density at radius 1 is 1.07 bits per heavy atom. The number of nitrogens with one attached hydrogen (secondary N) is 1. The number of fused-ring (bicyclic) bond motifs is 1. The Morgan fingerprint density at radius 3 is 2.68 bits per heavy atom. The molecule has 1 aliphatic rings. The van der Waals surface area contributed by atoms with Crippen molar-refractivity contribution in [3.63, 3.8) is 0 Å². The van der Waals surface area contributed by atoms with E-state index < -0.39 is 17.3 Å². The number of halogens is 1. The molecule has 2 aromatic heterocycles. The van der Waals surface area contributed by atoms with Crippen molar-refractivity contribution in [2.75, 3.05) is 51.9 Å². The van der Waals surface area contributed by atoms with Gasteiger partial charge in [-0.05, 0) is 42.8 Å². The molecule has 11 heteroatoms. The average Bonchev–Trinajstić information content (AvgIpc) is 2.98. The lowest BCUT2D eigenvalue weighted by Crippen LogP contribution is -2.37. The Kier molecular flexibility index (Phi) is 8.76. The molecule has 0 bridgehead atoms. The van der Waals surface area contributed by atoms with Crippen molar-refractivity contribution in [3.8, 4) is 23.0 Å². The van der Waals surface area contributed by atoms with Gasteiger partial charge in [-0.3, -0.25) is 19.5 Å². The number of hydrogen-bond donors (Lipinski definition) is 1. The standard InChI is InChI=1S/C30H31FN4O6/c1-34-10-3-5-21(30(34)37)29(36)33-20-6-7-26(23(31)17-20)41-25-8-9-32-24-19-28(27(38-2)18-22(24)25)40-14-4-11-35-12-15-39-16-13-35/h3,5-10,17-19H,4,11-16H2,1-2H3,(H,33,36). The summed E-state index contributed by atoms with van der Waals surface area (Å²) in [5.41, 5.74) is 0.281. The minimum atomic E-state index is -0.694. The summed E-state index contributed by atoms with van der Waals surface area (Å²) in [4.78, 5) is 31.5. The van der Waals surface area contributed by atoms with Crippen molar-refractivity contribution < 1.29 is 28.1 Å². The predicted molar refractivity (Wildman–Crippen MR) is 152 cm³/mol. The van der Waals surface area contributed by atoms with Gasteiger partial charge in [-0.2, -0.15) is 0 Å². The molecule has 1 amide bonds. The number of aromatic nitrogens is 2. The summed E-state index contributed by atoms with van der Waals surface area (Å²) in [6.45, 7) is 4.82. The second-order valence-electron chi connectivity index (χ2n) is 9.52. The number of benzene rings is 2. The molecule has 0 unspecified atom stereocenters. The van der Waals surface area contributed by atoms with Gasteiger partial charge in [0.15, 0.2) is 23.1 Å². The van der Waals surface area contributed by atoms with Gasteiger partial charge < -0.3 is 28.8 Å². The lowest BCUT2D eigenvalue weighted by atomic mass is 10.1. The van der Waals surface area contributed by atoms with E-state index >= 15 is 4.39 Å². The molecule has 41 heavy (non-hydrogen) atoms. The van der Waals surface area contributed by atoms with Gasteiger partial charge in [0.25, 0.3) is 11.5 Å². The molecule has 1 fully saturated rings. The van der Waals surface area contributed by atoms with E-state index in [1.54, 1.807) is 50.8 Å². The molecule has 4 aromatic rings. The molecule has 0 radical (unpaired) electrons. The van der Waals surface area contributed by atoms with Crippen LogP contribution in [0.25, 0.3) is 10.9 Å². The first-order valence-electron chi connectivity index (χ1n) is 13.3. The molecule has 0 aliphatic carbocycles. The van der Waals surface area contributed by atoms with E-state index in [1.165, 1.54) is 22.8 Å². The van der Waals surface area contributed by atoms with Gasteiger partial charge in [0.1, 0.15) is 11.3 Å². The molecule has 1 saturated heterocycles. The highest BCUT2D eigenvalue weighted by Gasteiger charge is 2.16. The summed E-state index contributed by atoms with van der Waals surface area (Å²) in [6.07, 6.45) is 3.97. The van der Waals surface area contributed by atoms with Gasteiger partial charge in [0.05, 0.1) is 32.4 Å². The fourth-order valence-corrected chi connectivity index (χ4v) is 4.53. The summed E-state index contributed by atoms with van der Waals surface area (Å²) < 4.78 is 39.2. The SMILES string of the molecule is COc1cc2c(Oc3ccc(NC(=O)c4cccn(C)c4=O)cc3F)ccnc2cc1OCCCN1CCOCC1. The van der Waals surface area contributed by atoms with Crippen LogP contribution in [0.3, 0.4) is 0 Å². The van der Waals surface area contributed by atoms with Crippen molar-refractivity contribution in [1.29, 1.82) is 0 Å². The Hall–Kier alpha value is -4.48. The van der Waals surface area contributed by atoms with Gasteiger partial charge >= 0.3 is 0 Å². The van der Waals surface area contributed by atoms with Crippen LogP contribution >= 0.6 is 0 Å². The quantitative estimate of drug-likeness (QED) is 0.287. The first-order valence-corrected chi connectivity index (χ1v) is 13.3. The van der Waals surface area contributed by atoms with Crippen LogP contribution < -0.4 is 25.1 Å². The molecular weight excluding hydrogens is 531 g/mol. The number of ether oxygens (including phenoxy) is 4. The molecule has 0 atom stereocenters. The zero-order valence-electron chi connectivity index (χ0n) is 22.9. The van der Waals surface area contributed by atoms with Crippen LogP contribution in [0.4, 0.5) is 10.1 Å². The summed E-state index contributed by atoms with van der Waals surface area (Å²) in [5, 5.41) is 3.16. The minimum Gasteiger partial charge on any atom is -0.493 e. The molecule has 0 saturated carbocycles. The van der Waals surface area contributed by atoms with E-state index in [0.717, 1.165) is 45.3 Å². The van der Waals surface area contributed by atoms with Gasteiger partial charge in [-0.15, -0.1) is 0 Å². The number of methoxy groups -OCH3 is 1. The fourth-order valence-electron chi connectivity index (χ4n) is 4.53. The normalized spacial score (nSPS) is 13.6. The van der Waals surface area contributed by atoms with Crippen molar-refractivity contribution in [3.05, 3.63) is 82.7 Å². The van der Waals surface area contributed by atoms with Crippen molar-refractivity contribution in [1.82, 2.24) is 14.5 Å². The number of anilines is 1. The Morgan fingerprint density at radius 2 is 1.90 bits per heavy atom. The summed E-state index contributed by atoms with van der Waals surface area (Å²) in [6, 6.07) is 12.2. The average molecular weight is 563 g/mol. The van der Waals surface area contributed by atoms with E-state index in [1.807, 2.05) is 0 Å². The van der Waals surface area contributed by atoms with Crippen LogP contribution in [0.15, 0.2) is 65.7 Å². The van der Waals surface area contributed by atoms with E-state index in [-0.39, 0.29) is 17.0 Å². The third-order valence-electron chi connectivity index (χ3n) is 6.74. The number of rotatable bonds is 10. The lowest BCUT2D eigenvalue weighted by Gasteiger charge is -2.26. The smallest absolute Gasteiger partial charge is 0.263 e. The van der Waals surface area contributed by atoms with Crippen LogP contribution in [-0.4, -0.2) is 66.9 Å². The first kappa shape index (κ1) is 28.1. The summed E-state index contributed by atoms with van der Waals surface area (Å²) in [5.74, 6) is 0.0640. The molecule has 3 heterocycles. The second-order valence-corrected chi connectivity index (χ2v) is 9.52. The van der Waals surface area contributed by atoms with Gasteiger partial charge in [0, 0.05) is 62.3 Å². The fraction of sp³-hybridized carbons (Fsp3) is 0.300. The monoisotopic (exact) mass is 562 g/mol. The number of nitrogens with zero attached hydrogens (tertiary/aromatic N) is 3. The van der Waals surface area contributed by atoms with Gasteiger partial charge in [0.2, 0.25) is 0 Å². The Balaban J connectivity index is 1.28. The van der Waals surface area contributed by atoms with Crippen molar-refractivity contribution in [2.45, 2.75) is 6.42 Å². The Labute approximate surface area is 236 Å². The highest BCUT2D eigenvalue weighted by Crippen LogP contribution is 2.38. The number of carbonyl (C=O) groups is 1. The topological polar surface area (TPSA) is 104 Å². The van der Waals surface area contributed by atoms with Gasteiger partial charge in [-0.25, -0.2) is 4.39 Å². The van der Waals surface area contributed by atoms with Crippen LogP contribution in [0.2, 0.25) is 0 Å². The maximum atomic E-state index is 15.0. The minimum absolute atomic E-state index is 0.0477. The molecule has 214 valence electrons. The maximum absolute atomic E-state index is 15.0. The van der Waals surface area contributed by atoms with Crippen LogP contribution in [0.5, 0.6) is 23.0 Å². The second kappa shape index (κ2) is 12.8. The Bertz CT molecular complexity index is 1600. The highest BCUT2D eigenvalue weighted by molar-refractivity contribution is 6.04. The predicted octanol–water partition coefficient (Wildman–Crippen LogP) is 4.23. The number of hydrogen-bond acceptors (Lipinski definition) is 8. The molecular formula is C30H31FN4O6. The number of morpholine rings is 1. The van der Waals surface area contributed by atoms with E-state index in [2.05, 4.69) is 15.2 Å². The molecule has 5 rings (SSSR count). The van der Waals surface area contributed by atoms with E-state index in [4.69, 9.17) is 18.9 Å². The third-order valence-corrected chi connectivity index (χ3v) is 6.74. The first-order chi connectivity index (χ1) is 19.9. The van der Waals surface area contributed by atoms with Crippen LogP contribution in [0.1, 0.15) is 16.8 Å². The summed E-state index contributed by atoms with van der Waals surface area (Å²) in [7, 11) is 3.10. The highest BCUT2D eigenvalue weighted by atomic mass is 19.1. The van der Waals surface area contributed by atoms with Crippen molar-refractivity contribution in [2.24, 2.45) is 7.05 Å². The number of aryl methyl sites for hydroxylation is 1. The zero-order chi connectivity index (χ0) is 28.8. The number of carbonyl (C=O) groups excluding carboxylic acids is 1. The maximum Gasteiger partial charge on any atom is 0.263 e. The molecule has 0 spiro atoms. The van der Waals surface area contributed by atoms with Crippen LogP contribution in [0, 0.1) is 5.82 Å². The zero-order valence-corrected chi connectivity index (χ0v) is 22.9. The van der Waals surface area contributed by atoms with E-state index in [9.17, 15) is 9.59 Å². The number of pyridine rings is 2. The van der Waals surface area contributed by atoms with E-state index in [0.29, 0.717) is 34.8 Å². The number of amides is 1. The molecule has 10 nitrogen and oxygen atoms in total. The lowest BCUT2D eigenvalue weighted by molar-refractivity contribution is 0.0357. The van der Waals surface area contributed by atoms with Gasteiger partial charge in [-0.1, -0.05) is 0 Å². The van der Waals surface area contributed by atoms with Crippen molar-refractivity contribution >= 4 is 22.5 Å². The van der Waals surface area contributed by atoms with Crippen LogP contribution in [-0.2, 0) is 11.8 Å². The molecule has 1 aliphatic heterocycles. The molecule has 2 aromatic carbocycles. The third kappa shape index (κ3) is 6.64. The molecule has 1 N–H and O–H groups in total. The largest absolute Gasteiger partial charge is 0.493 e. The summed E-state index contributed by atoms with van der Waals surface area (Å²) >= 11 is 0.